The highest BCUT2D eigenvalue weighted by molar-refractivity contribution is 5.86. The maximum atomic E-state index is 14.6. The Labute approximate surface area is 283 Å². The topological polar surface area (TPSA) is 147 Å². The minimum absolute atomic E-state index is 0.201. The molecule has 1 atom stereocenters. The summed E-state index contributed by atoms with van der Waals surface area (Å²) in [7, 11) is 0. The number of benzene rings is 1. The van der Waals surface area contributed by atoms with Crippen molar-refractivity contribution in [2.24, 2.45) is 17.3 Å². The molecule has 1 spiro atoms. The first-order chi connectivity index (χ1) is 23.9. The Bertz CT molecular complexity index is 1990. The molecular weight excluding hydrogens is 623 g/mol. The fourth-order valence-corrected chi connectivity index (χ4v) is 8.46. The number of likely N-dealkylation sites (tertiary alicyclic amines) is 1. The molecule has 5 aromatic rings. The van der Waals surface area contributed by atoms with Gasteiger partial charge in [-0.2, -0.15) is 5.10 Å². The van der Waals surface area contributed by atoms with E-state index in [0.717, 1.165) is 86.4 Å². The minimum Gasteiger partial charge on any atom is -0.434 e. The zero-order chi connectivity index (χ0) is 33.1. The van der Waals surface area contributed by atoms with Gasteiger partial charge in [-0.15, -0.1) is 10.2 Å². The molecule has 2 saturated carbocycles. The van der Waals surface area contributed by atoms with E-state index in [4.69, 9.17) is 4.74 Å². The second kappa shape index (κ2) is 11.9. The lowest BCUT2D eigenvalue weighted by Crippen LogP contribution is -2.65. The highest BCUT2D eigenvalue weighted by Crippen LogP contribution is 2.49. The number of hydrogen-bond acceptors (Lipinski definition) is 12. The van der Waals surface area contributed by atoms with Gasteiger partial charge in [-0.3, -0.25) is 10.00 Å². The van der Waals surface area contributed by atoms with Crippen molar-refractivity contribution in [1.29, 1.82) is 0 Å². The van der Waals surface area contributed by atoms with Gasteiger partial charge in [0, 0.05) is 73.1 Å². The lowest BCUT2D eigenvalue weighted by Gasteiger charge is -2.57. The van der Waals surface area contributed by atoms with Crippen LogP contribution in [0.1, 0.15) is 57.6 Å². The summed E-state index contributed by atoms with van der Waals surface area (Å²) in [4.78, 5) is 26.8. The van der Waals surface area contributed by atoms with E-state index >= 15 is 0 Å². The fraction of sp³-hybridized carbons (Fsp3) is 0.486. The molecule has 9 rings (SSSR count). The number of nitrogens with one attached hydrogen (secondary N) is 2. The van der Waals surface area contributed by atoms with Crippen molar-refractivity contribution in [2.75, 3.05) is 36.4 Å². The van der Waals surface area contributed by atoms with Gasteiger partial charge >= 0.3 is 0 Å². The van der Waals surface area contributed by atoms with E-state index in [2.05, 4.69) is 74.3 Å². The van der Waals surface area contributed by atoms with Crippen molar-refractivity contribution in [1.82, 2.24) is 50.2 Å². The summed E-state index contributed by atoms with van der Waals surface area (Å²) < 4.78 is 21.0. The average Bonchev–Trinajstić information content (AvgIpc) is 3.70. The number of aromatic amines is 1. The van der Waals surface area contributed by atoms with Crippen LogP contribution in [0.2, 0.25) is 0 Å². The average molecular weight is 663 g/mol. The van der Waals surface area contributed by atoms with E-state index in [9.17, 15) is 4.39 Å². The number of fused-ring (bicyclic) bond motifs is 1. The Kier molecular flexibility index (Phi) is 7.36. The summed E-state index contributed by atoms with van der Waals surface area (Å²) >= 11 is 0. The molecule has 0 bridgehead atoms. The van der Waals surface area contributed by atoms with Crippen molar-refractivity contribution in [3.05, 3.63) is 61.1 Å². The molecule has 49 heavy (non-hydrogen) atoms. The summed E-state index contributed by atoms with van der Waals surface area (Å²) in [5, 5.41) is 20.4. The Morgan fingerprint density at radius 2 is 1.84 bits per heavy atom. The monoisotopic (exact) mass is 662 g/mol. The maximum Gasteiger partial charge on any atom is 0.282 e. The van der Waals surface area contributed by atoms with Crippen molar-refractivity contribution < 1.29 is 9.13 Å². The fourth-order valence-electron chi connectivity index (χ4n) is 8.46. The van der Waals surface area contributed by atoms with Crippen LogP contribution in [0.3, 0.4) is 0 Å². The van der Waals surface area contributed by atoms with Crippen LogP contribution in [0.15, 0.2) is 49.6 Å². The molecule has 1 aromatic carbocycles. The van der Waals surface area contributed by atoms with Crippen molar-refractivity contribution in [3.8, 4) is 22.8 Å². The molecule has 14 heteroatoms. The number of rotatable bonds is 10. The van der Waals surface area contributed by atoms with Gasteiger partial charge in [-0.05, 0) is 62.1 Å². The number of anilines is 2. The van der Waals surface area contributed by atoms with Gasteiger partial charge in [0.25, 0.3) is 5.88 Å². The van der Waals surface area contributed by atoms with E-state index in [0.29, 0.717) is 52.8 Å². The summed E-state index contributed by atoms with van der Waals surface area (Å²) in [6, 6.07) is 5.46. The Morgan fingerprint density at radius 3 is 2.67 bits per heavy atom. The molecule has 0 amide bonds. The van der Waals surface area contributed by atoms with Gasteiger partial charge in [0.15, 0.2) is 17.3 Å². The van der Waals surface area contributed by atoms with E-state index in [1.807, 2.05) is 6.20 Å². The molecule has 6 heterocycles. The zero-order valence-electron chi connectivity index (χ0n) is 27.6. The third-order valence-corrected chi connectivity index (χ3v) is 10.9. The van der Waals surface area contributed by atoms with E-state index in [-0.39, 0.29) is 11.2 Å². The number of ether oxygens (including phenoxy) is 1. The Hall–Kier alpha value is -4.85. The predicted molar refractivity (Wildman–Crippen MR) is 181 cm³/mol. The molecule has 0 unspecified atom stereocenters. The van der Waals surface area contributed by atoms with Crippen LogP contribution < -0.4 is 15.0 Å². The van der Waals surface area contributed by atoms with Gasteiger partial charge in [0.05, 0.1) is 11.1 Å². The van der Waals surface area contributed by atoms with Crippen LogP contribution in [0.25, 0.3) is 22.2 Å². The SMILES string of the molecule is CC(C)[C@H](C1CC(Nc2n[nH]c3ncncc23)C1)N1CC2(CCN(c3ncnnc3Oc3ccc(F)cc3-c3cncnc3C3CC3)C2)C1. The summed E-state index contributed by atoms with van der Waals surface area (Å²) in [5.41, 5.74) is 3.27. The minimum atomic E-state index is -0.351. The second-order valence-corrected chi connectivity index (χ2v) is 14.7. The Morgan fingerprint density at radius 1 is 1.00 bits per heavy atom. The molecular formula is C35H39FN12O. The highest BCUT2D eigenvalue weighted by Gasteiger charge is 2.53. The first-order valence-corrected chi connectivity index (χ1v) is 17.3. The Balaban J connectivity index is 0.867. The lowest BCUT2D eigenvalue weighted by molar-refractivity contribution is -0.0656. The van der Waals surface area contributed by atoms with Crippen LogP contribution in [0.4, 0.5) is 16.0 Å². The molecule has 4 aliphatic rings. The van der Waals surface area contributed by atoms with Crippen LogP contribution in [0.5, 0.6) is 11.6 Å². The standard InChI is InChI=1S/C35H39FN12O/c1-20(2)30(22-9-24(10-22)43-32-27-13-38-18-40-31(27)44-45-32)48-15-35(16-48)7-8-47(14-35)33-34(46-42-19-41-33)49-28-6-5-23(36)11-25(28)26-12-37-17-39-29(26)21-3-4-21/h5-6,11-13,17-22,24,30H,3-4,7-10,14-16H2,1-2H3,(H2,38,40,43,44,45)/t22?,24?,30-/m1/s1. The molecule has 4 aromatic heterocycles. The van der Waals surface area contributed by atoms with E-state index in [1.165, 1.54) is 24.8 Å². The number of H-pyrrole nitrogens is 1. The first kappa shape index (κ1) is 30.2. The normalized spacial score (nSPS) is 22.3. The van der Waals surface area contributed by atoms with Gasteiger partial charge in [0.1, 0.15) is 30.5 Å². The largest absolute Gasteiger partial charge is 0.434 e. The first-order valence-electron chi connectivity index (χ1n) is 17.3. The van der Waals surface area contributed by atoms with Gasteiger partial charge in [-0.1, -0.05) is 13.8 Å². The van der Waals surface area contributed by atoms with Crippen molar-refractivity contribution in [2.45, 2.75) is 64.0 Å². The molecule has 252 valence electrons. The smallest absolute Gasteiger partial charge is 0.282 e. The number of halogens is 1. The third-order valence-electron chi connectivity index (χ3n) is 10.9. The van der Waals surface area contributed by atoms with Crippen molar-refractivity contribution in [3.63, 3.8) is 0 Å². The van der Waals surface area contributed by atoms with Crippen LogP contribution in [-0.2, 0) is 0 Å². The third kappa shape index (κ3) is 5.61. The number of hydrogen-bond donors (Lipinski definition) is 2. The lowest BCUT2D eigenvalue weighted by atomic mass is 9.68. The van der Waals surface area contributed by atoms with Crippen LogP contribution >= 0.6 is 0 Å². The molecule has 2 aliphatic heterocycles. The maximum absolute atomic E-state index is 14.6. The number of aromatic nitrogens is 9. The summed E-state index contributed by atoms with van der Waals surface area (Å²) in [6.07, 6.45) is 13.6. The quantitative estimate of drug-likeness (QED) is 0.202. The van der Waals surface area contributed by atoms with Gasteiger partial charge < -0.3 is 15.0 Å². The molecule has 4 fully saturated rings. The second-order valence-electron chi connectivity index (χ2n) is 14.7. The number of nitrogens with zero attached hydrogens (tertiary/aromatic N) is 10. The van der Waals surface area contributed by atoms with Crippen LogP contribution in [0, 0.1) is 23.1 Å². The molecule has 2 N–H and O–H groups in total. The molecule has 2 aliphatic carbocycles. The van der Waals surface area contributed by atoms with E-state index in [1.54, 1.807) is 18.6 Å². The predicted octanol–water partition coefficient (Wildman–Crippen LogP) is 5.23. The van der Waals surface area contributed by atoms with E-state index < -0.39 is 0 Å². The highest BCUT2D eigenvalue weighted by atomic mass is 19.1. The molecule has 13 nitrogen and oxygen atoms in total. The van der Waals surface area contributed by atoms with Gasteiger partial charge in [-0.25, -0.2) is 29.3 Å². The van der Waals surface area contributed by atoms with Crippen LogP contribution in [-0.4, -0.2) is 88.5 Å². The summed E-state index contributed by atoms with van der Waals surface area (Å²) in [6.45, 7) is 8.58. The molecule has 2 saturated heterocycles. The summed E-state index contributed by atoms with van der Waals surface area (Å²) in [5.74, 6) is 3.51. The molecule has 0 radical (unpaired) electrons. The van der Waals surface area contributed by atoms with Crippen molar-refractivity contribution >= 4 is 22.7 Å². The van der Waals surface area contributed by atoms with Gasteiger partial charge in [0.2, 0.25) is 0 Å². The zero-order valence-corrected chi connectivity index (χ0v) is 27.6.